The predicted molar refractivity (Wildman–Crippen MR) is 58.8 cm³/mol. The van der Waals surface area contributed by atoms with Gasteiger partial charge in [0.2, 0.25) is 5.91 Å². The van der Waals surface area contributed by atoms with Crippen molar-refractivity contribution in [3.8, 4) is 0 Å². The summed E-state index contributed by atoms with van der Waals surface area (Å²) in [5.41, 5.74) is 0. The third kappa shape index (κ3) is 2.06. The van der Waals surface area contributed by atoms with E-state index >= 15 is 0 Å². The van der Waals surface area contributed by atoms with Gasteiger partial charge in [-0.15, -0.1) is 0 Å². The summed E-state index contributed by atoms with van der Waals surface area (Å²) < 4.78 is 0. The van der Waals surface area contributed by atoms with E-state index in [1.165, 1.54) is 6.42 Å². The molecule has 0 bridgehead atoms. The van der Waals surface area contributed by atoms with E-state index in [-0.39, 0.29) is 17.9 Å². The van der Waals surface area contributed by atoms with Gasteiger partial charge in [0, 0.05) is 6.04 Å². The molecule has 2 N–H and O–H groups in total. The summed E-state index contributed by atoms with van der Waals surface area (Å²) in [7, 11) is 0. The quantitative estimate of drug-likeness (QED) is 0.763. The SMILES string of the molecule is CC1CCCC1NC(=O)C1CCC1C(=O)O. The van der Waals surface area contributed by atoms with E-state index in [4.69, 9.17) is 5.11 Å². The van der Waals surface area contributed by atoms with Crippen molar-refractivity contribution in [2.24, 2.45) is 17.8 Å². The molecule has 2 rings (SSSR count). The molecule has 4 atom stereocenters. The number of carbonyl (C=O) groups is 2. The van der Waals surface area contributed by atoms with E-state index in [2.05, 4.69) is 12.2 Å². The van der Waals surface area contributed by atoms with Gasteiger partial charge in [0.05, 0.1) is 11.8 Å². The molecular formula is C12H19NO3. The maximum atomic E-state index is 11.9. The highest BCUT2D eigenvalue weighted by Crippen LogP contribution is 2.35. The van der Waals surface area contributed by atoms with Gasteiger partial charge in [-0.1, -0.05) is 13.3 Å². The van der Waals surface area contributed by atoms with Crippen molar-refractivity contribution in [3.63, 3.8) is 0 Å². The van der Waals surface area contributed by atoms with Crippen LogP contribution in [0.15, 0.2) is 0 Å². The largest absolute Gasteiger partial charge is 0.481 e. The normalized spacial score (nSPS) is 37.8. The molecule has 0 radical (unpaired) electrons. The summed E-state index contributed by atoms with van der Waals surface area (Å²) in [5.74, 6) is -1.07. The van der Waals surface area contributed by atoms with Crippen LogP contribution in [0.1, 0.15) is 39.0 Å². The number of rotatable bonds is 3. The minimum absolute atomic E-state index is 0.0441. The zero-order valence-corrected chi connectivity index (χ0v) is 9.61. The van der Waals surface area contributed by atoms with Gasteiger partial charge in [0.25, 0.3) is 0 Å². The Morgan fingerprint density at radius 1 is 1.12 bits per heavy atom. The van der Waals surface area contributed by atoms with Gasteiger partial charge >= 0.3 is 5.97 Å². The topological polar surface area (TPSA) is 66.4 Å². The van der Waals surface area contributed by atoms with Gasteiger partial charge < -0.3 is 10.4 Å². The number of carbonyl (C=O) groups excluding carboxylic acids is 1. The van der Waals surface area contributed by atoms with E-state index in [1.807, 2.05) is 0 Å². The number of hydrogen-bond acceptors (Lipinski definition) is 2. The Labute approximate surface area is 95.4 Å². The molecular weight excluding hydrogens is 206 g/mol. The standard InChI is InChI=1S/C12H19NO3/c1-7-3-2-4-10(7)13-11(14)8-5-6-9(8)12(15)16/h7-10H,2-6H2,1H3,(H,13,14)(H,15,16). The number of aliphatic carboxylic acids is 1. The summed E-state index contributed by atoms with van der Waals surface area (Å²) >= 11 is 0. The third-order valence-corrected chi connectivity index (χ3v) is 4.12. The summed E-state index contributed by atoms with van der Waals surface area (Å²) in [5, 5.41) is 11.9. The van der Waals surface area contributed by atoms with Gasteiger partial charge in [0.15, 0.2) is 0 Å². The first-order valence-electron chi connectivity index (χ1n) is 6.12. The average Bonchev–Trinajstić information content (AvgIpc) is 2.48. The summed E-state index contributed by atoms with van der Waals surface area (Å²) in [6.45, 7) is 2.15. The second kappa shape index (κ2) is 4.44. The highest BCUT2D eigenvalue weighted by atomic mass is 16.4. The van der Waals surface area contributed by atoms with Crippen LogP contribution in [0.5, 0.6) is 0 Å². The first-order chi connectivity index (χ1) is 7.59. The lowest BCUT2D eigenvalue weighted by molar-refractivity contribution is -0.153. The van der Waals surface area contributed by atoms with Crippen molar-refractivity contribution < 1.29 is 14.7 Å². The molecule has 2 aliphatic rings. The molecule has 0 aromatic heterocycles. The number of amides is 1. The molecule has 4 unspecified atom stereocenters. The second-order valence-electron chi connectivity index (χ2n) is 5.15. The Hall–Kier alpha value is -1.06. The Bertz CT molecular complexity index is 303. The number of hydrogen-bond donors (Lipinski definition) is 2. The van der Waals surface area contributed by atoms with Gasteiger partial charge in [-0.25, -0.2) is 0 Å². The number of nitrogens with one attached hydrogen (secondary N) is 1. The fraction of sp³-hybridized carbons (Fsp3) is 0.833. The van der Waals surface area contributed by atoms with Gasteiger partial charge in [0.1, 0.15) is 0 Å². The third-order valence-electron chi connectivity index (χ3n) is 4.12. The van der Waals surface area contributed by atoms with Crippen molar-refractivity contribution in [2.45, 2.75) is 45.1 Å². The van der Waals surface area contributed by atoms with Crippen LogP contribution in [0.2, 0.25) is 0 Å². The maximum Gasteiger partial charge on any atom is 0.307 e. The van der Waals surface area contributed by atoms with Gasteiger partial charge in [-0.05, 0) is 31.6 Å². The number of carboxylic acid groups (broad SMARTS) is 1. The van der Waals surface area contributed by atoms with E-state index in [0.29, 0.717) is 12.3 Å². The van der Waals surface area contributed by atoms with Crippen LogP contribution in [-0.4, -0.2) is 23.0 Å². The molecule has 16 heavy (non-hydrogen) atoms. The molecule has 0 saturated heterocycles. The summed E-state index contributed by atoms with van der Waals surface area (Å²) in [6, 6.07) is 0.266. The van der Waals surface area contributed by atoms with Crippen LogP contribution in [0.4, 0.5) is 0 Å². The van der Waals surface area contributed by atoms with Crippen LogP contribution in [0, 0.1) is 17.8 Å². The second-order valence-corrected chi connectivity index (χ2v) is 5.15. The Morgan fingerprint density at radius 2 is 1.81 bits per heavy atom. The minimum atomic E-state index is -0.828. The van der Waals surface area contributed by atoms with Crippen molar-refractivity contribution >= 4 is 11.9 Å². The van der Waals surface area contributed by atoms with Crippen LogP contribution in [0.3, 0.4) is 0 Å². The first-order valence-corrected chi connectivity index (χ1v) is 6.12. The lowest BCUT2D eigenvalue weighted by Gasteiger charge is -2.33. The molecule has 0 aliphatic heterocycles. The Balaban J connectivity index is 1.86. The highest BCUT2D eigenvalue weighted by molar-refractivity contribution is 5.86. The van der Waals surface area contributed by atoms with Crippen molar-refractivity contribution in [3.05, 3.63) is 0 Å². The smallest absolute Gasteiger partial charge is 0.307 e. The van der Waals surface area contributed by atoms with Gasteiger partial charge in [-0.3, -0.25) is 9.59 Å². The Morgan fingerprint density at radius 3 is 2.25 bits per heavy atom. The molecule has 90 valence electrons. The van der Waals surface area contributed by atoms with Crippen LogP contribution >= 0.6 is 0 Å². The van der Waals surface area contributed by atoms with E-state index < -0.39 is 11.9 Å². The number of carboxylic acids is 1. The fourth-order valence-electron chi connectivity index (χ4n) is 2.76. The van der Waals surface area contributed by atoms with E-state index in [1.54, 1.807) is 0 Å². The molecule has 2 fully saturated rings. The first kappa shape index (κ1) is 11.4. The summed E-state index contributed by atoms with van der Waals surface area (Å²) in [4.78, 5) is 22.7. The highest BCUT2D eigenvalue weighted by Gasteiger charge is 2.42. The molecule has 0 heterocycles. The zero-order chi connectivity index (χ0) is 11.7. The Kier molecular flexibility index (Phi) is 3.17. The van der Waals surface area contributed by atoms with Crippen molar-refractivity contribution in [1.82, 2.24) is 5.32 Å². The predicted octanol–water partition coefficient (Wildman–Crippen LogP) is 1.40. The molecule has 1 amide bonds. The molecule has 4 heteroatoms. The van der Waals surface area contributed by atoms with Gasteiger partial charge in [-0.2, -0.15) is 0 Å². The summed E-state index contributed by atoms with van der Waals surface area (Å²) in [6.07, 6.45) is 4.74. The van der Waals surface area contributed by atoms with Crippen molar-refractivity contribution in [2.75, 3.05) is 0 Å². The van der Waals surface area contributed by atoms with Crippen LogP contribution in [-0.2, 0) is 9.59 Å². The molecule has 0 aromatic rings. The molecule has 2 saturated carbocycles. The van der Waals surface area contributed by atoms with Crippen molar-refractivity contribution in [1.29, 1.82) is 0 Å². The van der Waals surface area contributed by atoms with E-state index in [0.717, 1.165) is 19.3 Å². The minimum Gasteiger partial charge on any atom is -0.481 e. The monoisotopic (exact) mass is 225 g/mol. The van der Waals surface area contributed by atoms with Crippen LogP contribution in [0.25, 0.3) is 0 Å². The zero-order valence-electron chi connectivity index (χ0n) is 9.61. The van der Waals surface area contributed by atoms with E-state index in [9.17, 15) is 9.59 Å². The fourth-order valence-corrected chi connectivity index (χ4v) is 2.76. The molecule has 2 aliphatic carbocycles. The van der Waals surface area contributed by atoms with Crippen LogP contribution < -0.4 is 5.32 Å². The molecule has 4 nitrogen and oxygen atoms in total. The maximum absolute atomic E-state index is 11.9. The lowest BCUT2D eigenvalue weighted by Crippen LogP contribution is -2.47. The molecule has 0 spiro atoms. The lowest BCUT2D eigenvalue weighted by atomic mass is 9.73. The molecule has 0 aromatic carbocycles. The average molecular weight is 225 g/mol.